The average molecular weight is 367 g/mol. The Morgan fingerprint density at radius 3 is 2.15 bits per heavy atom. The molecule has 3 fully saturated rings. The van der Waals surface area contributed by atoms with Crippen molar-refractivity contribution in [2.45, 2.75) is 114 Å². The van der Waals surface area contributed by atoms with Gasteiger partial charge >= 0.3 is 6.03 Å². The Morgan fingerprint density at radius 2 is 1.50 bits per heavy atom. The highest BCUT2D eigenvalue weighted by Gasteiger charge is 2.29. The first-order valence-electron chi connectivity index (χ1n) is 11.1. The third-order valence-corrected chi connectivity index (χ3v) is 6.44. The van der Waals surface area contributed by atoms with Gasteiger partial charge in [-0.2, -0.15) is 0 Å². The molecule has 2 N–H and O–H groups in total. The molecule has 3 saturated carbocycles. The third-order valence-electron chi connectivity index (χ3n) is 6.44. The summed E-state index contributed by atoms with van der Waals surface area (Å²) in [5, 5.41) is 13.8. The number of aliphatic hydroxyl groups excluding tert-OH is 1. The summed E-state index contributed by atoms with van der Waals surface area (Å²) in [7, 11) is 0. The minimum atomic E-state index is -0.588. The Balaban J connectivity index is 1.51. The lowest BCUT2D eigenvalue weighted by molar-refractivity contribution is -0.0194. The molecule has 0 radical (unpaired) electrons. The quantitative estimate of drug-likeness (QED) is 0.716. The molecule has 3 rings (SSSR count). The molecule has 3 aliphatic rings. The average Bonchev–Trinajstić information content (AvgIpc) is 3.19. The molecule has 1 atom stereocenters. The van der Waals surface area contributed by atoms with Crippen LogP contribution < -0.4 is 5.32 Å². The maximum atomic E-state index is 13.0. The van der Waals surface area contributed by atoms with Crippen LogP contribution in [0.15, 0.2) is 0 Å². The predicted octanol–water partition coefficient (Wildman–Crippen LogP) is 3.98. The molecule has 0 saturated heterocycles. The van der Waals surface area contributed by atoms with E-state index in [-0.39, 0.29) is 12.1 Å². The van der Waals surface area contributed by atoms with Crippen LogP contribution in [-0.2, 0) is 4.74 Å². The molecular weight excluding hydrogens is 328 g/mol. The van der Waals surface area contributed by atoms with Gasteiger partial charge in [0.1, 0.15) is 0 Å². The zero-order valence-electron chi connectivity index (χ0n) is 16.3. The summed E-state index contributed by atoms with van der Waals surface area (Å²) in [5.74, 6) is 0. The van der Waals surface area contributed by atoms with Gasteiger partial charge in [0.05, 0.1) is 25.4 Å². The van der Waals surface area contributed by atoms with Crippen molar-refractivity contribution < 1.29 is 14.6 Å². The normalized spacial score (nSPS) is 24.5. The van der Waals surface area contributed by atoms with Gasteiger partial charge in [0.15, 0.2) is 0 Å². The SMILES string of the molecule is O=C(NC1CCCCC1)N(CC(O)COC1CCCC1)C1CCCCC1. The Hall–Kier alpha value is -0.810. The second-order valence-electron chi connectivity index (χ2n) is 8.62. The van der Waals surface area contributed by atoms with Gasteiger partial charge in [0, 0.05) is 12.1 Å². The molecule has 0 aromatic heterocycles. The fourth-order valence-corrected chi connectivity index (χ4v) is 4.88. The fraction of sp³-hybridized carbons (Fsp3) is 0.952. The summed E-state index contributed by atoms with van der Waals surface area (Å²) in [4.78, 5) is 14.9. The number of ether oxygens (including phenoxy) is 1. The summed E-state index contributed by atoms with van der Waals surface area (Å²) in [6.07, 6.45) is 16.1. The van der Waals surface area contributed by atoms with Crippen LogP contribution in [0, 0.1) is 0 Å². The molecule has 2 amide bonds. The molecule has 3 aliphatic carbocycles. The van der Waals surface area contributed by atoms with Gasteiger partial charge in [-0.25, -0.2) is 4.79 Å². The first kappa shape index (κ1) is 19.9. The van der Waals surface area contributed by atoms with Crippen LogP contribution in [0.5, 0.6) is 0 Å². The summed E-state index contributed by atoms with van der Waals surface area (Å²) in [6, 6.07) is 0.617. The number of aliphatic hydroxyl groups is 1. The molecule has 1 unspecified atom stereocenters. The van der Waals surface area contributed by atoms with Crippen molar-refractivity contribution in [3.05, 3.63) is 0 Å². The number of nitrogens with one attached hydrogen (secondary N) is 1. The van der Waals surface area contributed by atoms with Crippen LogP contribution in [-0.4, -0.2) is 53.5 Å². The van der Waals surface area contributed by atoms with E-state index in [1.54, 1.807) is 0 Å². The molecule has 150 valence electrons. The third kappa shape index (κ3) is 6.12. The lowest BCUT2D eigenvalue weighted by atomic mass is 9.93. The molecule has 0 aliphatic heterocycles. The van der Waals surface area contributed by atoms with Crippen molar-refractivity contribution in [1.29, 1.82) is 0 Å². The number of carbonyl (C=O) groups excluding carboxylic acids is 1. The first-order chi connectivity index (χ1) is 12.7. The molecular formula is C21H38N2O3. The van der Waals surface area contributed by atoms with Crippen molar-refractivity contribution in [2.24, 2.45) is 0 Å². The van der Waals surface area contributed by atoms with Gasteiger partial charge in [-0.05, 0) is 38.5 Å². The van der Waals surface area contributed by atoms with Crippen LogP contribution in [0.4, 0.5) is 4.79 Å². The molecule has 0 aromatic carbocycles. The fourth-order valence-electron chi connectivity index (χ4n) is 4.88. The van der Waals surface area contributed by atoms with E-state index in [1.165, 1.54) is 51.4 Å². The maximum Gasteiger partial charge on any atom is 0.317 e. The molecule has 5 nitrogen and oxygen atoms in total. The molecule has 0 heterocycles. The molecule has 0 bridgehead atoms. The molecule has 0 aromatic rings. The van der Waals surface area contributed by atoms with Crippen molar-refractivity contribution in [3.63, 3.8) is 0 Å². The Labute approximate surface area is 158 Å². The number of rotatable bonds is 7. The van der Waals surface area contributed by atoms with E-state index in [2.05, 4.69) is 5.32 Å². The highest BCUT2D eigenvalue weighted by molar-refractivity contribution is 5.75. The predicted molar refractivity (Wildman–Crippen MR) is 103 cm³/mol. The van der Waals surface area contributed by atoms with Crippen LogP contribution in [0.25, 0.3) is 0 Å². The van der Waals surface area contributed by atoms with Crippen molar-refractivity contribution >= 4 is 6.03 Å². The maximum absolute atomic E-state index is 13.0. The van der Waals surface area contributed by atoms with E-state index >= 15 is 0 Å². The van der Waals surface area contributed by atoms with Crippen LogP contribution in [0.3, 0.4) is 0 Å². The lowest BCUT2D eigenvalue weighted by Crippen LogP contribution is -2.53. The number of hydrogen-bond donors (Lipinski definition) is 2. The number of amides is 2. The van der Waals surface area contributed by atoms with Gasteiger partial charge in [-0.3, -0.25) is 0 Å². The second-order valence-corrected chi connectivity index (χ2v) is 8.62. The summed E-state index contributed by atoms with van der Waals surface area (Å²) in [5.41, 5.74) is 0. The van der Waals surface area contributed by atoms with Crippen LogP contribution in [0.1, 0.15) is 89.9 Å². The topological polar surface area (TPSA) is 61.8 Å². The first-order valence-corrected chi connectivity index (χ1v) is 11.1. The van der Waals surface area contributed by atoms with Crippen LogP contribution in [0.2, 0.25) is 0 Å². The summed E-state index contributed by atoms with van der Waals surface area (Å²) < 4.78 is 5.87. The molecule has 5 heteroatoms. The zero-order valence-corrected chi connectivity index (χ0v) is 16.3. The van der Waals surface area contributed by atoms with Gasteiger partial charge in [-0.1, -0.05) is 51.4 Å². The minimum absolute atomic E-state index is 0.0312. The Morgan fingerprint density at radius 1 is 0.923 bits per heavy atom. The highest BCUT2D eigenvalue weighted by Crippen LogP contribution is 2.25. The number of carbonyl (C=O) groups is 1. The lowest BCUT2D eigenvalue weighted by Gasteiger charge is -2.37. The van der Waals surface area contributed by atoms with E-state index in [0.29, 0.717) is 25.3 Å². The van der Waals surface area contributed by atoms with Gasteiger partial charge in [-0.15, -0.1) is 0 Å². The Bertz CT molecular complexity index is 413. The van der Waals surface area contributed by atoms with E-state index in [0.717, 1.165) is 38.5 Å². The second kappa shape index (κ2) is 10.5. The summed E-state index contributed by atoms with van der Waals surface area (Å²) >= 11 is 0. The molecule has 0 spiro atoms. The molecule has 26 heavy (non-hydrogen) atoms. The van der Waals surface area contributed by atoms with Gasteiger partial charge < -0.3 is 20.1 Å². The largest absolute Gasteiger partial charge is 0.389 e. The minimum Gasteiger partial charge on any atom is -0.389 e. The number of urea groups is 1. The van der Waals surface area contributed by atoms with Crippen molar-refractivity contribution in [1.82, 2.24) is 10.2 Å². The van der Waals surface area contributed by atoms with Crippen LogP contribution >= 0.6 is 0 Å². The zero-order chi connectivity index (χ0) is 18.2. The van der Waals surface area contributed by atoms with E-state index in [1.807, 2.05) is 4.90 Å². The number of nitrogens with zero attached hydrogens (tertiary/aromatic N) is 1. The van der Waals surface area contributed by atoms with E-state index in [9.17, 15) is 9.90 Å². The monoisotopic (exact) mass is 366 g/mol. The smallest absolute Gasteiger partial charge is 0.317 e. The summed E-state index contributed by atoms with van der Waals surface area (Å²) in [6.45, 7) is 0.751. The van der Waals surface area contributed by atoms with Gasteiger partial charge in [0.2, 0.25) is 0 Å². The highest BCUT2D eigenvalue weighted by atomic mass is 16.5. The van der Waals surface area contributed by atoms with E-state index in [4.69, 9.17) is 4.74 Å². The Kier molecular flexibility index (Phi) is 8.06. The number of hydrogen-bond acceptors (Lipinski definition) is 3. The van der Waals surface area contributed by atoms with Gasteiger partial charge in [0.25, 0.3) is 0 Å². The van der Waals surface area contributed by atoms with Crippen molar-refractivity contribution in [2.75, 3.05) is 13.2 Å². The van der Waals surface area contributed by atoms with Crippen molar-refractivity contribution in [3.8, 4) is 0 Å². The standard InChI is InChI=1S/C21H38N2O3/c24-19(16-26-20-13-7-8-14-20)15-23(18-11-5-2-6-12-18)21(25)22-17-9-3-1-4-10-17/h17-20,24H,1-16H2,(H,22,25). The van der Waals surface area contributed by atoms with E-state index < -0.39 is 6.10 Å².